The highest BCUT2D eigenvalue weighted by Gasteiger charge is 2.17. The van der Waals surface area contributed by atoms with Crippen LogP contribution < -0.4 is 14.8 Å². The van der Waals surface area contributed by atoms with Crippen LogP contribution in [-0.2, 0) is 14.8 Å². The quantitative estimate of drug-likeness (QED) is 0.754. The molecule has 2 aromatic rings. The highest BCUT2D eigenvalue weighted by Crippen LogP contribution is 2.25. The zero-order valence-electron chi connectivity index (χ0n) is 13.6. The van der Waals surface area contributed by atoms with Crippen molar-refractivity contribution in [2.75, 3.05) is 19.5 Å². The third-order valence-electron chi connectivity index (χ3n) is 3.30. The minimum atomic E-state index is -3.68. The molecule has 132 valence electrons. The minimum Gasteiger partial charge on any atom is -0.495 e. The molecule has 0 atom stereocenters. The van der Waals surface area contributed by atoms with Crippen molar-refractivity contribution in [2.45, 2.75) is 4.90 Å². The van der Waals surface area contributed by atoms with Gasteiger partial charge in [-0.2, -0.15) is 0 Å². The van der Waals surface area contributed by atoms with Gasteiger partial charge in [0.2, 0.25) is 15.9 Å². The second kappa shape index (κ2) is 8.15. The molecule has 0 aromatic heterocycles. The summed E-state index contributed by atoms with van der Waals surface area (Å²) in [7, 11) is -0.984. The number of hydrogen-bond donors (Lipinski definition) is 2. The van der Waals surface area contributed by atoms with E-state index in [4.69, 9.17) is 16.3 Å². The number of amides is 1. The molecule has 0 saturated carbocycles. The summed E-state index contributed by atoms with van der Waals surface area (Å²) in [6.45, 7) is 0. The lowest BCUT2D eigenvalue weighted by Crippen LogP contribution is -2.19. The van der Waals surface area contributed by atoms with Crippen LogP contribution in [0.2, 0.25) is 5.02 Å². The maximum atomic E-state index is 12.0. The molecule has 0 bridgehead atoms. The van der Waals surface area contributed by atoms with Gasteiger partial charge in [0.1, 0.15) is 10.6 Å². The molecule has 1 amide bonds. The van der Waals surface area contributed by atoms with E-state index in [0.29, 0.717) is 16.3 Å². The molecule has 8 heteroatoms. The van der Waals surface area contributed by atoms with Gasteiger partial charge in [0.15, 0.2) is 0 Å². The van der Waals surface area contributed by atoms with Gasteiger partial charge in [-0.15, -0.1) is 0 Å². The van der Waals surface area contributed by atoms with Crippen molar-refractivity contribution < 1.29 is 17.9 Å². The number of methoxy groups -OCH3 is 1. The van der Waals surface area contributed by atoms with E-state index in [2.05, 4.69) is 10.0 Å². The Bertz CT molecular complexity index is 911. The van der Waals surface area contributed by atoms with E-state index in [1.807, 2.05) is 0 Å². The monoisotopic (exact) mass is 380 g/mol. The second-order valence-corrected chi connectivity index (χ2v) is 7.18. The third-order valence-corrected chi connectivity index (χ3v) is 5.07. The lowest BCUT2D eigenvalue weighted by Gasteiger charge is -2.09. The van der Waals surface area contributed by atoms with Crippen molar-refractivity contribution >= 4 is 39.3 Å². The number of ether oxygens (including phenoxy) is 1. The summed E-state index contributed by atoms with van der Waals surface area (Å²) in [5.41, 5.74) is 1.02. The number of sulfonamides is 1. The molecule has 0 aliphatic rings. The van der Waals surface area contributed by atoms with Gasteiger partial charge in [0.25, 0.3) is 0 Å². The largest absolute Gasteiger partial charge is 0.495 e. The van der Waals surface area contributed by atoms with E-state index < -0.39 is 10.0 Å². The number of benzene rings is 2. The van der Waals surface area contributed by atoms with Crippen molar-refractivity contribution in [1.82, 2.24) is 4.72 Å². The molecule has 0 spiro atoms. The zero-order valence-corrected chi connectivity index (χ0v) is 15.2. The van der Waals surface area contributed by atoms with Crippen LogP contribution in [-0.4, -0.2) is 28.5 Å². The number of halogens is 1. The summed E-state index contributed by atoms with van der Waals surface area (Å²) >= 11 is 5.98. The predicted molar refractivity (Wildman–Crippen MR) is 98.4 cm³/mol. The zero-order chi connectivity index (χ0) is 18.4. The second-order valence-electron chi connectivity index (χ2n) is 4.92. The molecule has 0 heterocycles. The van der Waals surface area contributed by atoms with Crippen molar-refractivity contribution in [3.8, 4) is 5.75 Å². The number of carbonyl (C=O) groups is 1. The molecule has 0 fully saturated rings. The van der Waals surface area contributed by atoms with Gasteiger partial charge < -0.3 is 10.1 Å². The van der Waals surface area contributed by atoms with Crippen LogP contribution in [0.1, 0.15) is 5.56 Å². The first kappa shape index (κ1) is 19.0. The fourth-order valence-electron chi connectivity index (χ4n) is 2.03. The molecule has 25 heavy (non-hydrogen) atoms. The molecular formula is C17H17ClN2O4S. The highest BCUT2D eigenvalue weighted by molar-refractivity contribution is 7.89. The summed E-state index contributed by atoms with van der Waals surface area (Å²) in [4.78, 5) is 12.0. The summed E-state index contributed by atoms with van der Waals surface area (Å²) in [6, 6.07) is 11.4. The number of rotatable bonds is 6. The number of para-hydroxylation sites is 1. The van der Waals surface area contributed by atoms with Gasteiger partial charge in [0.05, 0.1) is 17.8 Å². The lowest BCUT2D eigenvalue weighted by molar-refractivity contribution is -0.111. The van der Waals surface area contributed by atoms with Gasteiger partial charge in [0, 0.05) is 6.08 Å². The van der Waals surface area contributed by atoms with E-state index in [1.54, 1.807) is 30.3 Å². The summed E-state index contributed by atoms with van der Waals surface area (Å²) in [5.74, 6) is -0.172. The van der Waals surface area contributed by atoms with Crippen molar-refractivity contribution in [3.63, 3.8) is 0 Å². The van der Waals surface area contributed by atoms with Gasteiger partial charge in [-0.3, -0.25) is 4.79 Å². The maximum Gasteiger partial charge on any atom is 0.248 e. The van der Waals surface area contributed by atoms with Crippen LogP contribution in [0.3, 0.4) is 0 Å². The molecule has 0 radical (unpaired) electrons. The molecule has 2 aromatic carbocycles. The molecule has 0 saturated heterocycles. The minimum absolute atomic E-state index is 0.00818. The van der Waals surface area contributed by atoms with E-state index in [1.165, 1.54) is 38.4 Å². The average molecular weight is 381 g/mol. The van der Waals surface area contributed by atoms with Crippen LogP contribution >= 0.6 is 11.6 Å². The van der Waals surface area contributed by atoms with Crippen LogP contribution in [0.25, 0.3) is 6.08 Å². The molecule has 0 aliphatic heterocycles. The van der Waals surface area contributed by atoms with Crippen LogP contribution in [0.15, 0.2) is 53.4 Å². The SMILES string of the molecule is CNS(=O)(=O)c1cc(/C=C/C(=O)Nc2ccccc2Cl)ccc1OC. The fraction of sp³-hybridized carbons (Fsp3) is 0.118. The van der Waals surface area contributed by atoms with Crippen LogP contribution in [0.5, 0.6) is 5.75 Å². The third kappa shape index (κ3) is 4.82. The topological polar surface area (TPSA) is 84.5 Å². The Hall–Kier alpha value is -2.35. The van der Waals surface area contributed by atoms with Crippen LogP contribution in [0.4, 0.5) is 5.69 Å². The molecule has 0 unspecified atom stereocenters. The number of anilines is 1. The van der Waals surface area contributed by atoms with Gasteiger partial charge in [-0.1, -0.05) is 29.8 Å². The Labute approximate surface area is 151 Å². The average Bonchev–Trinajstić information content (AvgIpc) is 2.61. The van der Waals surface area contributed by atoms with Crippen molar-refractivity contribution in [2.24, 2.45) is 0 Å². The summed E-state index contributed by atoms with van der Waals surface area (Å²) in [6.07, 6.45) is 2.79. The first-order chi connectivity index (χ1) is 11.9. The fourth-order valence-corrected chi connectivity index (χ4v) is 3.14. The van der Waals surface area contributed by atoms with Gasteiger partial charge in [-0.05, 0) is 43.0 Å². The molecular weight excluding hydrogens is 364 g/mol. The smallest absolute Gasteiger partial charge is 0.248 e. The first-order valence-electron chi connectivity index (χ1n) is 7.22. The molecule has 2 N–H and O–H groups in total. The number of carbonyl (C=O) groups excluding carboxylic acids is 1. The molecule has 0 aliphatic carbocycles. The molecule has 6 nitrogen and oxygen atoms in total. The number of hydrogen-bond acceptors (Lipinski definition) is 4. The van der Waals surface area contributed by atoms with Crippen molar-refractivity contribution in [3.05, 3.63) is 59.1 Å². The van der Waals surface area contributed by atoms with E-state index >= 15 is 0 Å². The highest BCUT2D eigenvalue weighted by atomic mass is 35.5. The van der Waals surface area contributed by atoms with Crippen molar-refractivity contribution in [1.29, 1.82) is 0 Å². The van der Waals surface area contributed by atoms with Gasteiger partial charge in [-0.25, -0.2) is 13.1 Å². The van der Waals surface area contributed by atoms with E-state index in [0.717, 1.165) is 0 Å². The Morgan fingerprint density at radius 1 is 1.20 bits per heavy atom. The molecule has 2 rings (SSSR count). The normalized spacial score (nSPS) is 11.5. The Morgan fingerprint density at radius 3 is 2.56 bits per heavy atom. The number of nitrogens with one attached hydrogen (secondary N) is 2. The van der Waals surface area contributed by atoms with E-state index in [9.17, 15) is 13.2 Å². The standard InChI is InChI=1S/C17H17ClN2O4S/c1-19-25(22,23)16-11-12(7-9-15(16)24-2)8-10-17(21)20-14-6-4-3-5-13(14)18/h3-11,19H,1-2H3,(H,20,21)/b10-8+. The summed E-state index contributed by atoms with van der Waals surface area (Å²) < 4.78 is 31.4. The maximum absolute atomic E-state index is 12.0. The lowest BCUT2D eigenvalue weighted by atomic mass is 10.2. The predicted octanol–water partition coefficient (Wildman–Crippen LogP) is 2.91. The van der Waals surface area contributed by atoms with Gasteiger partial charge >= 0.3 is 0 Å². The Morgan fingerprint density at radius 2 is 1.92 bits per heavy atom. The van der Waals surface area contributed by atoms with Crippen LogP contribution in [0, 0.1) is 0 Å². The van der Waals surface area contributed by atoms with E-state index in [-0.39, 0.29) is 16.6 Å². The Balaban J connectivity index is 2.22. The first-order valence-corrected chi connectivity index (χ1v) is 9.08. The summed E-state index contributed by atoms with van der Waals surface area (Å²) in [5, 5.41) is 3.07. The Kier molecular flexibility index (Phi) is 6.19.